The molecule has 1 aliphatic carbocycles. The molecule has 0 unspecified atom stereocenters. The molecule has 0 atom stereocenters. The molecule has 0 fully saturated rings. The van der Waals surface area contributed by atoms with Crippen LogP contribution in [0.1, 0.15) is 55.9 Å². The lowest BCUT2D eigenvalue weighted by Gasteiger charge is -2.31. The minimum Gasteiger partial charge on any atom is -0.383 e. The van der Waals surface area contributed by atoms with Gasteiger partial charge >= 0.3 is 0 Å². The van der Waals surface area contributed by atoms with E-state index < -0.39 is 0 Å². The Bertz CT molecular complexity index is 768. The molecule has 0 N–H and O–H groups in total. The topological polar surface area (TPSA) is 18.5 Å². The van der Waals surface area contributed by atoms with Crippen molar-refractivity contribution in [3.8, 4) is 11.1 Å². The summed E-state index contributed by atoms with van der Waals surface area (Å²) in [7, 11) is 3.58. The minimum absolute atomic E-state index is 0.230. The Hall–Kier alpha value is -1.64. The fraction of sp³-hybridized carbons (Fsp3) is 0.500. The number of hydrogen-bond donors (Lipinski definition) is 0. The van der Waals surface area contributed by atoms with Crippen molar-refractivity contribution in [2.24, 2.45) is 5.92 Å². The van der Waals surface area contributed by atoms with E-state index in [1.165, 1.54) is 33.4 Å². The summed E-state index contributed by atoms with van der Waals surface area (Å²) < 4.78 is 11.5. The fourth-order valence-corrected chi connectivity index (χ4v) is 4.36. The summed E-state index contributed by atoms with van der Waals surface area (Å²) in [4.78, 5) is 0. The van der Waals surface area contributed by atoms with Crippen molar-refractivity contribution in [1.82, 2.24) is 0 Å². The summed E-state index contributed by atoms with van der Waals surface area (Å²) in [5, 5.41) is 0. The summed E-state index contributed by atoms with van der Waals surface area (Å²) in [6.07, 6.45) is 1.09. The van der Waals surface area contributed by atoms with E-state index in [-0.39, 0.29) is 5.41 Å². The average Bonchev–Trinajstić information content (AvgIpc) is 2.85. The third-order valence-corrected chi connectivity index (χ3v) is 5.54. The second kappa shape index (κ2) is 7.54. The number of fused-ring (bicyclic) bond motifs is 3. The summed E-state index contributed by atoms with van der Waals surface area (Å²) >= 11 is 0. The van der Waals surface area contributed by atoms with Gasteiger partial charge in [-0.05, 0) is 51.6 Å². The second-order valence-corrected chi connectivity index (χ2v) is 8.39. The van der Waals surface area contributed by atoms with Gasteiger partial charge in [-0.15, -0.1) is 0 Å². The molecular weight excluding hydrogens is 320 g/mol. The zero-order chi connectivity index (χ0) is 18.9. The van der Waals surface area contributed by atoms with Crippen LogP contribution in [0.15, 0.2) is 36.4 Å². The van der Waals surface area contributed by atoms with Crippen LogP contribution in [-0.2, 0) is 21.3 Å². The molecule has 2 heteroatoms. The zero-order valence-electron chi connectivity index (χ0n) is 17.1. The van der Waals surface area contributed by atoms with Crippen molar-refractivity contribution in [1.29, 1.82) is 0 Å². The average molecular weight is 353 g/mol. The van der Waals surface area contributed by atoms with E-state index in [0.29, 0.717) is 25.0 Å². The van der Waals surface area contributed by atoms with Crippen LogP contribution in [0.25, 0.3) is 11.1 Å². The molecule has 1 aliphatic rings. The van der Waals surface area contributed by atoms with Gasteiger partial charge in [-0.25, -0.2) is 0 Å². The predicted molar refractivity (Wildman–Crippen MR) is 109 cm³/mol. The Balaban J connectivity index is 2.23. The van der Waals surface area contributed by atoms with E-state index >= 15 is 0 Å². The number of benzene rings is 2. The first-order valence-corrected chi connectivity index (χ1v) is 9.69. The summed E-state index contributed by atoms with van der Waals surface area (Å²) in [6, 6.07) is 13.9. The van der Waals surface area contributed by atoms with Crippen LogP contribution in [0.2, 0.25) is 0 Å². The Morgan fingerprint density at radius 2 is 1.38 bits per heavy atom. The molecule has 0 amide bonds. The highest BCUT2D eigenvalue weighted by Crippen LogP contribution is 2.50. The zero-order valence-corrected chi connectivity index (χ0v) is 17.1. The molecule has 3 rings (SSSR count). The van der Waals surface area contributed by atoms with Crippen molar-refractivity contribution < 1.29 is 9.47 Å². The number of ether oxygens (including phenoxy) is 2. The van der Waals surface area contributed by atoms with Crippen molar-refractivity contribution in [3.63, 3.8) is 0 Å². The predicted octanol–water partition coefficient (Wildman–Crippen LogP) is 5.57. The molecule has 2 aromatic carbocycles. The lowest BCUT2D eigenvalue weighted by atomic mass is 9.78. The van der Waals surface area contributed by atoms with Gasteiger partial charge in [0.25, 0.3) is 0 Å². The molecule has 2 nitrogen and oxygen atoms in total. The highest BCUT2D eigenvalue weighted by molar-refractivity contribution is 5.82. The van der Waals surface area contributed by atoms with E-state index in [0.717, 1.165) is 6.42 Å². The molecule has 0 bridgehead atoms. The molecule has 26 heavy (non-hydrogen) atoms. The van der Waals surface area contributed by atoms with E-state index in [2.05, 4.69) is 64.1 Å². The largest absolute Gasteiger partial charge is 0.383 e. The third kappa shape index (κ3) is 3.21. The smallest absolute Gasteiger partial charge is 0.0681 e. The van der Waals surface area contributed by atoms with Crippen LogP contribution in [0, 0.1) is 5.92 Å². The molecule has 0 aromatic heterocycles. The van der Waals surface area contributed by atoms with E-state index in [1.54, 1.807) is 14.2 Å². The van der Waals surface area contributed by atoms with Crippen LogP contribution in [0.4, 0.5) is 0 Å². The Labute approximate surface area is 158 Å². The lowest BCUT2D eigenvalue weighted by molar-refractivity contribution is 0.0814. The van der Waals surface area contributed by atoms with E-state index in [1.807, 2.05) is 0 Å². The maximum atomic E-state index is 5.74. The molecule has 0 spiro atoms. The maximum absolute atomic E-state index is 5.74. The van der Waals surface area contributed by atoms with Crippen LogP contribution < -0.4 is 0 Å². The molecular formula is C24H32O2. The first kappa shape index (κ1) is 19.1. The normalized spacial score (nSPS) is 14.8. The lowest BCUT2D eigenvalue weighted by Crippen LogP contribution is -2.36. The second-order valence-electron chi connectivity index (χ2n) is 8.39. The number of methoxy groups -OCH3 is 2. The monoisotopic (exact) mass is 352 g/mol. The van der Waals surface area contributed by atoms with Gasteiger partial charge in [0.15, 0.2) is 0 Å². The Morgan fingerprint density at radius 1 is 0.808 bits per heavy atom. The van der Waals surface area contributed by atoms with Gasteiger partial charge in [0.1, 0.15) is 0 Å². The molecule has 2 aromatic rings. The first-order valence-electron chi connectivity index (χ1n) is 9.69. The van der Waals surface area contributed by atoms with E-state index in [4.69, 9.17) is 9.47 Å². The highest BCUT2D eigenvalue weighted by atomic mass is 16.5. The van der Waals surface area contributed by atoms with Crippen molar-refractivity contribution in [2.45, 2.75) is 45.4 Å². The molecule has 0 radical (unpaired) electrons. The molecule has 140 valence electrons. The standard InChI is InChI=1S/C24H32O2/c1-16(2)11-18-7-9-20-21-10-8-19(17(3)4)13-23(21)24(14-25-5,15-26-6)22(20)12-18/h7-10,12-13,16-17H,11,14-15H2,1-6H3. The molecule has 0 saturated heterocycles. The maximum Gasteiger partial charge on any atom is 0.0681 e. The van der Waals surface area contributed by atoms with Crippen LogP contribution >= 0.6 is 0 Å². The summed E-state index contributed by atoms with van der Waals surface area (Å²) in [6.45, 7) is 10.3. The quantitative estimate of drug-likeness (QED) is 0.649. The summed E-state index contributed by atoms with van der Waals surface area (Å²) in [5.41, 5.74) is 7.90. The SMILES string of the molecule is COCC1(COC)c2cc(CC(C)C)ccc2-c2ccc(C(C)C)cc21. The van der Waals surface area contributed by atoms with Crippen molar-refractivity contribution in [3.05, 3.63) is 58.7 Å². The van der Waals surface area contributed by atoms with Gasteiger partial charge in [0, 0.05) is 14.2 Å². The van der Waals surface area contributed by atoms with Crippen LogP contribution in [-0.4, -0.2) is 27.4 Å². The first-order chi connectivity index (χ1) is 12.4. The van der Waals surface area contributed by atoms with E-state index in [9.17, 15) is 0 Å². The fourth-order valence-electron chi connectivity index (χ4n) is 4.36. The van der Waals surface area contributed by atoms with Gasteiger partial charge in [-0.3, -0.25) is 0 Å². The Morgan fingerprint density at radius 3 is 1.92 bits per heavy atom. The van der Waals surface area contributed by atoms with Crippen molar-refractivity contribution in [2.75, 3.05) is 27.4 Å². The molecule has 0 saturated carbocycles. The van der Waals surface area contributed by atoms with Crippen LogP contribution in [0.3, 0.4) is 0 Å². The number of hydrogen-bond acceptors (Lipinski definition) is 2. The molecule has 0 aliphatic heterocycles. The van der Waals surface area contributed by atoms with Gasteiger partial charge in [0.2, 0.25) is 0 Å². The molecule has 0 heterocycles. The third-order valence-electron chi connectivity index (χ3n) is 5.54. The van der Waals surface area contributed by atoms with Gasteiger partial charge in [-0.1, -0.05) is 64.1 Å². The van der Waals surface area contributed by atoms with Crippen molar-refractivity contribution >= 4 is 0 Å². The summed E-state index contributed by atoms with van der Waals surface area (Å²) in [5.74, 6) is 1.15. The van der Waals surface area contributed by atoms with Crippen LogP contribution in [0.5, 0.6) is 0 Å². The minimum atomic E-state index is -0.230. The highest BCUT2D eigenvalue weighted by Gasteiger charge is 2.44. The van der Waals surface area contributed by atoms with Gasteiger partial charge in [0.05, 0.1) is 18.6 Å². The van der Waals surface area contributed by atoms with Gasteiger partial charge < -0.3 is 9.47 Å². The Kier molecular flexibility index (Phi) is 5.55. The number of rotatable bonds is 7. The van der Waals surface area contributed by atoms with Gasteiger partial charge in [-0.2, -0.15) is 0 Å².